The topological polar surface area (TPSA) is 41.1 Å². The summed E-state index contributed by atoms with van der Waals surface area (Å²) in [6.45, 7) is 0. The smallest absolute Gasteiger partial charge is 0.357 e. The molecule has 0 saturated heterocycles. The van der Waals surface area contributed by atoms with Gasteiger partial charge in [0.25, 0.3) is 0 Å². The van der Waals surface area contributed by atoms with E-state index in [1.165, 1.54) is 37.2 Å². The van der Waals surface area contributed by atoms with E-state index in [1.807, 2.05) is 0 Å². The van der Waals surface area contributed by atoms with E-state index in [0.29, 0.717) is 0 Å². The van der Waals surface area contributed by atoms with Crippen LogP contribution in [-0.2, 0) is 6.18 Å². The molecule has 1 N–H and O–H groups in total. The van der Waals surface area contributed by atoms with Crippen molar-refractivity contribution in [3.63, 3.8) is 0 Å². The highest BCUT2D eigenvalue weighted by Crippen LogP contribution is 2.32. The van der Waals surface area contributed by atoms with E-state index in [1.54, 1.807) is 6.07 Å². The lowest BCUT2D eigenvalue weighted by Crippen LogP contribution is -2.17. The van der Waals surface area contributed by atoms with E-state index < -0.39 is 17.7 Å². The van der Waals surface area contributed by atoms with Crippen molar-refractivity contribution in [3.8, 4) is 0 Å². The number of nitrogens with one attached hydrogen (secondary N) is 1. The Morgan fingerprint density at radius 2 is 1.81 bits per heavy atom. The van der Waals surface area contributed by atoms with Crippen LogP contribution in [0.4, 0.5) is 35.0 Å². The van der Waals surface area contributed by atoms with Crippen molar-refractivity contribution in [3.05, 3.63) is 41.8 Å². The molecule has 1 aromatic carbocycles. The van der Waals surface area contributed by atoms with Gasteiger partial charge >= 0.3 is 6.18 Å². The Hall–Kier alpha value is -2.38. The van der Waals surface area contributed by atoms with Gasteiger partial charge in [-0.25, -0.2) is 9.37 Å². The molecule has 0 aliphatic rings. The molecule has 0 atom stereocenters. The second kappa shape index (κ2) is 5.55. The van der Waals surface area contributed by atoms with E-state index in [9.17, 15) is 17.6 Å². The number of alkyl halides is 3. The van der Waals surface area contributed by atoms with Crippen LogP contribution in [0.5, 0.6) is 0 Å². The maximum Gasteiger partial charge on any atom is 0.433 e. The fourth-order valence-electron chi connectivity index (χ4n) is 1.71. The summed E-state index contributed by atoms with van der Waals surface area (Å²) in [5.41, 5.74) is -0.980. The van der Waals surface area contributed by atoms with Crippen LogP contribution in [0.25, 0.3) is 0 Å². The summed E-state index contributed by atoms with van der Waals surface area (Å²) in [5, 5.41) is 2.46. The first-order valence-electron chi connectivity index (χ1n) is 5.95. The Labute approximate surface area is 118 Å². The first kappa shape index (κ1) is 15.0. The van der Waals surface area contributed by atoms with Gasteiger partial charge in [-0.05, 0) is 12.1 Å². The molecule has 0 amide bonds. The fourth-order valence-corrected chi connectivity index (χ4v) is 1.71. The summed E-state index contributed by atoms with van der Waals surface area (Å²) in [6.07, 6.45) is -4.61. The summed E-state index contributed by atoms with van der Waals surface area (Å²) in [4.78, 5) is 8.50. The van der Waals surface area contributed by atoms with Crippen molar-refractivity contribution in [1.29, 1.82) is 0 Å². The predicted molar refractivity (Wildman–Crippen MR) is 71.0 cm³/mol. The van der Waals surface area contributed by atoms with Crippen LogP contribution in [0.2, 0.25) is 0 Å². The summed E-state index contributed by atoms with van der Waals surface area (Å²) in [5.74, 6) is -0.812. The Morgan fingerprint density at radius 1 is 1.14 bits per heavy atom. The van der Waals surface area contributed by atoms with Crippen LogP contribution in [0.3, 0.4) is 0 Å². The molecule has 0 spiro atoms. The van der Waals surface area contributed by atoms with Gasteiger partial charge in [0, 0.05) is 20.2 Å². The zero-order valence-corrected chi connectivity index (χ0v) is 11.2. The van der Waals surface area contributed by atoms with E-state index in [2.05, 4.69) is 15.3 Å². The summed E-state index contributed by atoms with van der Waals surface area (Å²) in [7, 11) is 2.84. The Balaban J connectivity index is 2.51. The summed E-state index contributed by atoms with van der Waals surface area (Å²) in [6, 6.07) is 6.51. The Kier molecular flexibility index (Phi) is 3.97. The lowest BCUT2D eigenvalue weighted by atomic mass is 10.2. The number of hydrogen-bond donors (Lipinski definition) is 1. The number of aromatic nitrogens is 2. The van der Waals surface area contributed by atoms with Crippen LogP contribution in [0, 0.1) is 5.82 Å². The largest absolute Gasteiger partial charge is 0.433 e. The zero-order valence-electron chi connectivity index (χ0n) is 11.2. The highest BCUT2D eigenvalue weighted by molar-refractivity contribution is 5.61. The number of anilines is 3. The van der Waals surface area contributed by atoms with Crippen molar-refractivity contribution >= 4 is 17.5 Å². The van der Waals surface area contributed by atoms with Crippen LogP contribution in [-0.4, -0.2) is 24.1 Å². The highest BCUT2D eigenvalue weighted by Gasteiger charge is 2.34. The molecule has 2 rings (SSSR count). The van der Waals surface area contributed by atoms with E-state index in [0.717, 1.165) is 6.07 Å². The van der Waals surface area contributed by atoms with Crippen LogP contribution >= 0.6 is 0 Å². The molecule has 0 radical (unpaired) electrons. The quantitative estimate of drug-likeness (QED) is 0.882. The zero-order chi connectivity index (χ0) is 15.6. The van der Waals surface area contributed by atoms with Crippen LogP contribution < -0.4 is 10.2 Å². The first-order chi connectivity index (χ1) is 9.82. The minimum Gasteiger partial charge on any atom is -0.357 e. The van der Waals surface area contributed by atoms with Gasteiger partial charge in [-0.3, -0.25) is 0 Å². The normalized spacial score (nSPS) is 11.3. The average Bonchev–Trinajstić information content (AvgIpc) is 2.45. The molecule has 0 aliphatic carbocycles. The molecule has 21 heavy (non-hydrogen) atoms. The summed E-state index contributed by atoms with van der Waals surface area (Å²) >= 11 is 0. The Bertz CT molecular complexity index is 642. The molecule has 1 heterocycles. The van der Waals surface area contributed by atoms with Gasteiger partial charge in [0.1, 0.15) is 11.6 Å². The lowest BCUT2D eigenvalue weighted by molar-refractivity contribution is -0.141. The maximum atomic E-state index is 13.7. The molecule has 0 bridgehead atoms. The van der Waals surface area contributed by atoms with Crippen LogP contribution in [0.1, 0.15) is 5.69 Å². The maximum absolute atomic E-state index is 13.7. The van der Waals surface area contributed by atoms with Crippen molar-refractivity contribution in [2.45, 2.75) is 6.18 Å². The second-order valence-electron chi connectivity index (χ2n) is 4.19. The molecule has 8 heteroatoms. The fraction of sp³-hybridized carbons (Fsp3) is 0.231. The molecular weight excluding hydrogens is 288 g/mol. The molecular formula is C13H12F4N4. The SMILES string of the molecule is CNc1nc(N(C)c2ccccc2F)cc(C(F)(F)F)n1. The van der Waals surface area contributed by atoms with Crippen LogP contribution in [0.15, 0.2) is 30.3 Å². The number of rotatable bonds is 3. The Morgan fingerprint density at radius 3 is 2.38 bits per heavy atom. The van der Waals surface area contributed by atoms with Gasteiger partial charge in [-0.2, -0.15) is 18.2 Å². The number of halogens is 4. The third-order valence-electron chi connectivity index (χ3n) is 2.78. The van der Waals surface area contributed by atoms with E-state index in [4.69, 9.17) is 0 Å². The summed E-state index contributed by atoms with van der Waals surface area (Å²) < 4.78 is 52.2. The first-order valence-corrected chi connectivity index (χ1v) is 5.95. The number of benzene rings is 1. The van der Waals surface area contributed by atoms with Gasteiger partial charge in [0.15, 0.2) is 5.69 Å². The molecule has 0 aliphatic heterocycles. The second-order valence-corrected chi connectivity index (χ2v) is 4.19. The molecule has 0 fully saturated rings. The van der Waals surface area contributed by atoms with E-state index >= 15 is 0 Å². The minimum atomic E-state index is -4.61. The predicted octanol–water partition coefficient (Wildman–Crippen LogP) is 3.44. The average molecular weight is 300 g/mol. The van der Waals surface area contributed by atoms with Crippen molar-refractivity contribution in [1.82, 2.24) is 9.97 Å². The van der Waals surface area contributed by atoms with Gasteiger partial charge in [0.2, 0.25) is 5.95 Å². The number of para-hydroxylation sites is 1. The number of hydrogen-bond acceptors (Lipinski definition) is 4. The lowest BCUT2D eigenvalue weighted by Gasteiger charge is -2.20. The number of nitrogens with zero attached hydrogens (tertiary/aromatic N) is 3. The van der Waals surface area contributed by atoms with Crippen molar-refractivity contribution in [2.24, 2.45) is 0 Å². The van der Waals surface area contributed by atoms with Crippen molar-refractivity contribution < 1.29 is 17.6 Å². The third kappa shape index (κ3) is 3.21. The molecule has 0 saturated carbocycles. The molecule has 2 aromatic rings. The van der Waals surface area contributed by atoms with Gasteiger partial charge in [0.05, 0.1) is 5.69 Å². The minimum absolute atomic E-state index is 0.0632. The molecule has 112 valence electrons. The third-order valence-corrected chi connectivity index (χ3v) is 2.78. The monoisotopic (exact) mass is 300 g/mol. The van der Waals surface area contributed by atoms with Crippen molar-refractivity contribution in [2.75, 3.05) is 24.3 Å². The molecule has 4 nitrogen and oxygen atoms in total. The van der Waals surface area contributed by atoms with Gasteiger partial charge in [-0.15, -0.1) is 0 Å². The van der Waals surface area contributed by atoms with E-state index in [-0.39, 0.29) is 17.5 Å². The highest BCUT2D eigenvalue weighted by atomic mass is 19.4. The van der Waals surface area contributed by atoms with Gasteiger partial charge < -0.3 is 10.2 Å². The standard InChI is InChI=1S/C13H12F4N4/c1-18-12-19-10(13(15,16)17)7-11(20-12)21(2)9-6-4-3-5-8(9)14/h3-7H,1-2H3,(H,18,19,20). The van der Waals surface area contributed by atoms with Gasteiger partial charge in [-0.1, -0.05) is 12.1 Å². The molecule has 0 unspecified atom stereocenters. The molecule has 1 aromatic heterocycles.